The summed E-state index contributed by atoms with van der Waals surface area (Å²) in [4.78, 5) is 9.23. The highest BCUT2D eigenvalue weighted by Crippen LogP contribution is 2.21. The molecule has 3 aromatic rings. The van der Waals surface area contributed by atoms with Crippen molar-refractivity contribution in [2.45, 2.75) is 33.2 Å². The van der Waals surface area contributed by atoms with Crippen LogP contribution in [0.3, 0.4) is 0 Å². The van der Waals surface area contributed by atoms with Gasteiger partial charge in [-0.25, -0.2) is 9.97 Å². The third-order valence-electron chi connectivity index (χ3n) is 3.52. The van der Waals surface area contributed by atoms with E-state index in [9.17, 15) is 0 Å². The maximum Gasteiger partial charge on any atom is 0.160 e. The first kappa shape index (κ1) is 12.9. The molecule has 3 heteroatoms. The predicted molar refractivity (Wildman–Crippen MR) is 81.9 cm³/mol. The third kappa shape index (κ3) is 2.31. The van der Waals surface area contributed by atoms with Gasteiger partial charge in [0.2, 0.25) is 0 Å². The molecule has 0 aliphatic rings. The Morgan fingerprint density at radius 2 is 1.85 bits per heavy atom. The van der Waals surface area contributed by atoms with Crippen LogP contribution in [0.25, 0.3) is 11.2 Å². The van der Waals surface area contributed by atoms with E-state index in [1.807, 2.05) is 18.3 Å². The minimum atomic E-state index is 0.357. The summed E-state index contributed by atoms with van der Waals surface area (Å²) in [5.41, 5.74) is 4.52. The van der Waals surface area contributed by atoms with Gasteiger partial charge >= 0.3 is 0 Å². The van der Waals surface area contributed by atoms with Crippen LogP contribution >= 0.6 is 0 Å². The molecule has 0 spiro atoms. The van der Waals surface area contributed by atoms with Crippen LogP contribution in [0, 0.1) is 6.92 Å². The van der Waals surface area contributed by atoms with Gasteiger partial charge in [-0.2, -0.15) is 0 Å². The van der Waals surface area contributed by atoms with E-state index in [0.29, 0.717) is 6.04 Å². The number of pyridine rings is 1. The molecule has 0 saturated carbocycles. The molecule has 2 aromatic heterocycles. The molecule has 0 fully saturated rings. The van der Waals surface area contributed by atoms with Gasteiger partial charge in [0.25, 0.3) is 0 Å². The van der Waals surface area contributed by atoms with Crippen molar-refractivity contribution in [3.63, 3.8) is 0 Å². The topological polar surface area (TPSA) is 30.7 Å². The minimum absolute atomic E-state index is 0.357. The average molecular weight is 265 g/mol. The molecule has 0 amide bonds. The number of aromatic nitrogens is 3. The fraction of sp³-hybridized carbons (Fsp3) is 0.294. The molecule has 102 valence electrons. The van der Waals surface area contributed by atoms with E-state index >= 15 is 0 Å². The molecule has 3 rings (SSSR count). The number of benzene rings is 1. The highest BCUT2D eigenvalue weighted by atomic mass is 15.1. The van der Waals surface area contributed by atoms with Crippen LogP contribution < -0.4 is 0 Å². The average Bonchev–Trinajstić information content (AvgIpc) is 2.79. The highest BCUT2D eigenvalue weighted by Gasteiger charge is 2.14. The van der Waals surface area contributed by atoms with Crippen LogP contribution in [0.15, 0.2) is 42.6 Å². The molecule has 2 heterocycles. The first-order valence-electron chi connectivity index (χ1n) is 7.02. The lowest BCUT2D eigenvalue weighted by Crippen LogP contribution is -2.07. The van der Waals surface area contributed by atoms with E-state index in [4.69, 9.17) is 4.98 Å². The van der Waals surface area contributed by atoms with Crippen molar-refractivity contribution in [2.24, 2.45) is 0 Å². The molecule has 0 aliphatic heterocycles. The summed E-state index contributed by atoms with van der Waals surface area (Å²) in [6.07, 6.45) is 2.67. The Labute approximate surface area is 119 Å². The minimum Gasteiger partial charge on any atom is -0.310 e. The Kier molecular flexibility index (Phi) is 3.26. The summed E-state index contributed by atoms with van der Waals surface area (Å²) in [7, 11) is 0. The van der Waals surface area contributed by atoms with Gasteiger partial charge in [0.15, 0.2) is 5.65 Å². The summed E-state index contributed by atoms with van der Waals surface area (Å²) in [5, 5.41) is 0. The Morgan fingerprint density at radius 1 is 1.10 bits per heavy atom. The van der Waals surface area contributed by atoms with Gasteiger partial charge in [-0.15, -0.1) is 0 Å². The van der Waals surface area contributed by atoms with E-state index in [1.54, 1.807) is 0 Å². The molecule has 1 aromatic carbocycles. The maximum atomic E-state index is 4.75. The van der Waals surface area contributed by atoms with Crippen LogP contribution in [0.1, 0.15) is 36.8 Å². The highest BCUT2D eigenvalue weighted by molar-refractivity contribution is 5.71. The van der Waals surface area contributed by atoms with Gasteiger partial charge < -0.3 is 4.57 Å². The lowest BCUT2D eigenvalue weighted by Gasteiger charge is -2.12. The molecule has 0 saturated heterocycles. The maximum absolute atomic E-state index is 4.75. The molecule has 0 N–H and O–H groups in total. The fourth-order valence-corrected chi connectivity index (χ4v) is 2.53. The van der Waals surface area contributed by atoms with E-state index in [1.165, 1.54) is 11.1 Å². The summed E-state index contributed by atoms with van der Waals surface area (Å²) >= 11 is 0. The van der Waals surface area contributed by atoms with Crippen molar-refractivity contribution in [1.29, 1.82) is 0 Å². The molecule has 0 aliphatic carbocycles. The number of nitrogens with zero attached hydrogens (tertiary/aromatic N) is 3. The lowest BCUT2D eigenvalue weighted by molar-refractivity contribution is 0.587. The van der Waals surface area contributed by atoms with Crippen molar-refractivity contribution in [3.8, 4) is 0 Å². The van der Waals surface area contributed by atoms with E-state index in [-0.39, 0.29) is 0 Å². The number of aryl methyl sites for hydroxylation is 1. The van der Waals surface area contributed by atoms with Crippen LogP contribution in [0.4, 0.5) is 0 Å². The molecule has 20 heavy (non-hydrogen) atoms. The zero-order valence-corrected chi connectivity index (χ0v) is 12.2. The number of imidazole rings is 1. The first-order valence-corrected chi connectivity index (χ1v) is 7.02. The van der Waals surface area contributed by atoms with Crippen LogP contribution in [0.2, 0.25) is 0 Å². The van der Waals surface area contributed by atoms with Gasteiger partial charge in [-0.05, 0) is 38.5 Å². The first-order chi connectivity index (χ1) is 9.65. The zero-order valence-electron chi connectivity index (χ0n) is 12.2. The molecule has 0 atom stereocenters. The normalized spacial score (nSPS) is 11.4. The Morgan fingerprint density at radius 3 is 2.55 bits per heavy atom. The van der Waals surface area contributed by atoms with E-state index in [0.717, 1.165) is 23.4 Å². The fourth-order valence-electron chi connectivity index (χ4n) is 2.53. The molecule has 0 radical (unpaired) electrons. The van der Waals surface area contributed by atoms with Crippen LogP contribution in [0.5, 0.6) is 0 Å². The Bertz CT molecular complexity index is 724. The molecular weight excluding hydrogens is 246 g/mol. The summed E-state index contributed by atoms with van der Waals surface area (Å²) in [6.45, 7) is 6.46. The van der Waals surface area contributed by atoms with Crippen molar-refractivity contribution in [1.82, 2.24) is 14.5 Å². The molecule has 3 nitrogen and oxygen atoms in total. The van der Waals surface area contributed by atoms with Crippen molar-refractivity contribution in [3.05, 3.63) is 59.5 Å². The van der Waals surface area contributed by atoms with E-state index in [2.05, 4.69) is 54.6 Å². The number of hydrogen-bond acceptors (Lipinski definition) is 2. The van der Waals surface area contributed by atoms with Gasteiger partial charge in [0.1, 0.15) is 11.3 Å². The summed E-state index contributed by atoms with van der Waals surface area (Å²) in [6, 6.07) is 13.0. The zero-order chi connectivity index (χ0) is 14.1. The summed E-state index contributed by atoms with van der Waals surface area (Å²) in [5.74, 6) is 1.08. The number of hydrogen-bond donors (Lipinski definition) is 0. The molecular formula is C17H19N3. The van der Waals surface area contributed by atoms with Crippen molar-refractivity contribution >= 4 is 11.2 Å². The monoisotopic (exact) mass is 265 g/mol. The van der Waals surface area contributed by atoms with Gasteiger partial charge in [0, 0.05) is 18.7 Å². The van der Waals surface area contributed by atoms with Gasteiger partial charge in [-0.1, -0.05) is 29.8 Å². The molecule has 0 bridgehead atoms. The lowest BCUT2D eigenvalue weighted by atomic mass is 10.1. The van der Waals surface area contributed by atoms with Gasteiger partial charge in [-0.3, -0.25) is 0 Å². The standard InChI is InChI=1S/C17H19N3/c1-12(2)20-16(11-14-8-6-13(3)7-9-14)19-15-5-4-10-18-17(15)20/h4-10,12H,11H2,1-3H3. The number of fused-ring (bicyclic) bond motifs is 1. The van der Waals surface area contributed by atoms with Crippen LogP contribution in [-0.4, -0.2) is 14.5 Å². The quantitative estimate of drug-likeness (QED) is 0.718. The van der Waals surface area contributed by atoms with Crippen molar-refractivity contribution < 1.29 is 0 Å². The predicted octanol–water partition coefficient (Wildman–Crippen LogP) is 3.91. The molecule has 0 unspecified atom stereocenters. The number of rotatable bonds is 3. The van der Waals surface area contributed by atoms with Crippen LogP contribution in [-0.2, 0) is 6.42 Å². The van der Waals surface area contributed by atoms with Crippen molar-refractivity contribution in [2.75, 3.05) is 0 Å². The summed E-state index contributed by atoms with van der Waals surface area (Å²) < 4.78 is 2.23. The Balaban J connectivity index is 2.06. The smallest absolute Gasteiger partial charge is 0.160 e. The largest absolute Gasteiger partial charge is 0.310 e. The Hall–Kier alpha value is -2.16. The second-order valence-corrected chi connectivity index (χ2v) is 5.50. The second kappa shape index (κ2) is 5.08. The second-order valence-electron chi connectivity index (χ2n) is 5.50. The van der Waals surface area contributed by atoms with E-state index < -0.39 is 0 Å². The SMILES string of the molecule is Cc1ccc(Cc2nc3cccnc3n2C(C)C)cc1. The third-order valence-corrected chi connectivity index (χ3v) is 3.52. The van der Waals surface area contributed by atoms with Gasteiger partial charge in [0.05, 0.1) is 0 Å².